The number of hydrogen-bond acceptors (Lipinski definition) is 16. The number of carbonyl (C=O) groups excluding carboxylic acids is 3. The number of hydrogen-bond donors (Lipinski definition) is 1. The minimum absolute atomic E-state index is 0. The monoisotopic (exact) mass is 1770 g/mol. The van der Waals surface area contributed by atoms with E-state index in [1.165, 1.54) is 0 Å². The summed E-state index contributed by atoms with van der Waals surface area (Å²) < 4.78 is 87.1. The molecule has 672 valence electrons. The molecule has 20 heteroatoms. The van der Waals surface area contributed by atoms with Gasteiger partial charge in [-0.2, -0.15) is 0 Å². The zero-order chi connectivity index (χ0) is 88.8. The van der Waals surface area contributed by atoms with Crippen LogP contribution in [-0.4, -0.2) is 174 Å². The highest BCUT2D eigenvalue weighted by Crippen LogP contribution is 2.52. The van der Waals surface area contributed by atoms with Gasteiger partial charge in [0, 0.05) is 25.7 Å². The highest BCUT2D eigenvalue weighted by atomic mass is 28.4. The number of esters is 2. The quantitative estimate of drug-likeness (QED) is 0.0222. The van der Waals surface area contributed by atoms with E-state index in [1.807, 2.05) is 53.7 Å². The molecule has 0 aromatic heterocycles. The van der Waals surface area contributed by atoms with Crippen molar-refractivity contribution in [3.8, 4) is 0 Å². The SMILES string of the molecule is C.C=CC(O)C[C@H]1O[C@H]2[C@@H](O[Si](c3ccccc3)(c3ccccc3)C(C)(C)C)[C@H]3O[C@@H](CCOC(=O)C(C)(C)C)CC[C@@H]3O[C@H]2[C@H]1O[Si](c1ccccc1)(c1ccccc1)C(C)(C)C.CC(C)(C)C(=O)OCC[C@H]1CC[C@@H]2O[C@@H]3[C@@H](O[C@H](CC=O)[C@@H]3O[Si](c3ccccc3)(c3ccccc3)C(C)(C)C)[C@@H](O[Si](c3ccccc3)(c3ccccc3)C(C)(C)C)[C@H]2O1. The van der Waals surface area contributed by atoms with E-state index in [1.54, 1.807) is 6.08 Å². The van der Waals surface area contributed by atoms with Gasteiger partial charge in [0.05, 0.1) is 66.8 Å². The molecule has 1 unspecified atom stereocenters. The van der Waals surface area contributed by atoms with Gasteiger partial charge in [0.25, 0.3) is 33.3 Å². The lowest BCUT2D eigenvalue weighted by Crippen LogP contribution is -2.73. The van der Waals surface area contributed by atoms with Crippen molar-refractivity contribution < 1.29 is 75.1 Å². The summed E-state index contributed by atoms with van der Waals surface area (Å²) in [6.07, 6.45) is -1.74. The average molecular weight is 1770 g/mol. The van der Waals surface area contributed by atoms with Crippen molar-refractivity contribution in [2.24, 2.45) is 10.8 Å². The molecule has 0 saturated carbocycles. The number of aliphatic hydroxyl groups is 1. The van der Waals surface area contributed by atoms with Crippen LogP contribution in [0.15, 0.2) is 255 Å². The van der Waals surface area contributed by atoms with E-state index in [0.29, 0.717) is 12.8 Å². The van der Waals surface area contributed by atoms with Gasteiger partial charge in [0.1, 0.15) is 67.3 Å². The first-order chi connectivity index (χ1) is 58.9. The van der Waals surface area contributed by atoms with E-state index < -0.39 is 123 Å². The lowest BCUT2D eigenvalue weighted by Gasteiger charge is -2.53. The number of rotatable bonds is 27. The van der Waals surface area contributed by atoms with Gasteiger partial charge in [0.15, 0.2) is 0 Å². The van der Waals surface area contributed by atoms with Gasteiger partial charge in [-0.05, 0) is 129 Å². The molecule has 6 fully saturated rings. The molecule has 0 spiro atoms. The normalized spacial score (nSPS) is 25.8. The maximum Gasteiger partial charge on any atom is 0.311 e. The van der Waals surface area contributed by atoms with Crippen LogP contribution in [0.1, 0.15) is 183 Å². The molecular formula is C105H140O16Si4. The topological polar surface area (TPSA) is 182 Å². The first-order valence-corrected chi connectivity index (χ1v) is 52.7. The lowest BCUT2D eigenvalue weighted by atomic mass is 9.88. The molecule has 6 aliphatic heterocycles. The van der Waals surface area contributed by atoms with E-state index in [-0.39, 0.29) is 90.0 Å². The number of aldehydes is 1. The minimum Gasteiger partial charge on any atom is -0.465 e. The molecule has 8 aromatic carbocycles. The molecule has 0 radical (unpaired) electrons. The lowest BCUT2D eigenvalue weighted by molar-refractivity contribution is -0.256. The van der Waals surface area contributed by atoms with Gasteiger partial charge in [-0.25, -0.2) is 0 Å². The van der Waals surface area contributed by atoms with Crippen molar-refractivity contribution >= 4 is 93.0 Å². The van der Waals surface area contributed by atoms with E-state index >= 15 is 0 Å². The van der Waals surface area contributed by atoms with Gasteiger partial charge < -0.3 is 65.5 Å². The molecule has 14 rings (SSSR count). The Balaban J connectivity index is 0.000000226. The fourth-order valence-electron chi connectivity index (χ4n) is 20.1. The second-order valence-corrected chi connectivity index (χ2v) is 57.9. The van der Waals surface area contributed by atoms with Crippen LogP contribution in [-0.2, 0) is 70.0 Å². The van der Waals surface area contributed by atoms with Crippen molar-refractivity contribution in [3.63, 3.8) is 0 Å². The summed E-state index contributed by atoms with van der Waals surface area (Å²) in [4.78, 5) is 38.2. The molecule has 6 saturated heterocycles. The smallest absolute Gasteiger partial charge is 0.311 e. The molecule has 17 atom stereocenters. The predicted octanol–water partition coefficient (Wildman–Crippen LogP) is 16.0. The van der Waals surface area contributed by atoms with E-state index in [4.69, 9.17) is 55.6 Å². The maximum atomic E-state index is 12.8. The number of benzene rings is 8. The number of ether oxygens (including phenoxy) is 8. The summed E-state index contributed by atoms with van der Waals surface area (Å²) in [5.41, 5.74) is -1.19. The van der Waals surface area contributed by atoms with Crippen LogP contribution in [0.5, 0.6) is 0 Å². The highest BCUT2D eigenvalue weighted by Gasteiger charge is 2.68. The fraction of sp³-hybridized carbons (Fsp3) is 0.495. The Morgan fingerprint density at radius 2 is 0.600 bits per heavy atom. The van der Waals surface area contributed by atoms with Crippen LogP contribution in [0.25, 0.3) is 0 Å². The van der Waals surface area contributed by atoms with Crippen molar-refractivity contribution in [1.29, 1.82) is 0 Å². The van der Waals surface area contributed by atoms with Crippen LogP contribution in [0.4, 0.5) is 0 Å². The molecule has 0 bridgehead atoms. The van der Waals surface area contributed by atoms with Crippen LogP contribution < -0.4 is 41.5 Å². The Morgan fingerprint density at radius 1 is 0.360 bits per heavy atom. The largest absolute Gasteiger partial charge is 0.465 e. The second kappa shape index (κ2) is 39.9. The minimum atomic E-state index is -3.20. The molecule has 6 aliphatic rings. The van der Waals surface area contributed by atoms with Crippen LogP contribution in [0, 0.1) is 10.8 Å². The van der Waals surface area contributed by atoms with Gasteiger partial charge >= 0.3 is 11.9 Å². The Bertz CT molecular complexity index is 4590. The molecular weight excluding hydrogens is 1630 g/mol. The summed E-state index contributed by atoms with van der Waals surface area (Å²) in [6, 6.07) is 85.1. The number of carbonyl (C=O) groups is 3. The van der Waals surface area contributed by atoms with E-state index in [0.717, 1.165) is 73.5 Å². The van der Waals surface area contributed by atoms with Crippen molar-refractivity contribution in [2.75, 3.05) is 13.2 Å². The molecule has 8 aromatic rings. The first kappa shape index (κ1) is 96.6. The fourth-order valence-corrected chi connectivity index (χ4v) is 38.9. The van der Waals surface area contributed by atoms with Crippen LogP contribution in [0.2, 0.25) is 20.2 Å². The third kappa shape index (κ3) is 20.1. The van der Waals surface area contributed by atoms with Gasteiger partial charge in [-0.1, -0.05) is 339 Å². The molecule has 16 nitrogen and oxygen atoms in total. The third-order valence-electron chi connectivity index (χ3n) is 26.2. The van der Waals surface area contributed by atoms with Crippen molar-refractivity contribution in [2.45, 2.75) is 307 Å². The zero-order valence-electron chi connectivity index (χ0n) is 76.4. The third-order valence-corrected chi connectivity index (χ3v) is 46.3. The summed E-state index contributed by atoms with van der Waals surface area (Å²) in [6.45, 7) is 43.0. The van der Waals surface area contributed by atoms with Gasteiger partial charge in [-0.15, -0.1) is 6.58 Å². The molecule has 0 amide bonds. The van der Waals surface area contributed by atoms with E-state index in [2.05, 4.69) is 320 Å². The summed E-state index contributed by atoms with van der Waals surface area (Å²) in [5, 5.41) is 19.3. The van der Waals surface area contributed by atoms with Crippen molar-refractivity contribution in [3.05, 3.63) is 255 Å². The summed E-state index contributed by atoms with van der Waals surface area (Å²) in [7, 11) is -12.7. The van der Waals surface area contributed by atoms with Gasteiger partial charge in [-0.3, -0.25) is 9.59 Å². The standard InChI is InChI=1S/C53H70O8Si2.C51H66O8Si2.CH4/c1-11-37(54)36-44-46(60-62(52(5,6)7,39-24-16-12-17-25-39)40-26-18-13-19-27-40)47-48(59-44)49(45-43(58-47)33-32-38(57-45)34-35-56-50(55)51(2,3)4)61-63(53(8,9)10,41-28-20-14-21-29-41)42-30-22-15-23-31-42;1-49(2,3)48(53)54-35-33-36-30-31-41-43(55-36)47(59-61(51(7,8)9,39-26-18-12-19-27-39)40-28-20-13-21-29-40)46-45(56-41)44(42(57-46)32-34-52)58-60(50(4,5)6,37-22-14-10-15-23-37)38-24-16-11-17-25-38;/h11-31,37-38,43-49,54H,1,32-36H2,2-10H3;10-29,34,36,41-47H,30-33,35H2,1-9H3;1H4/t37?,38-,43+,44-,45+,46+,47+,48-,49+;36-,41+,42-,43+,44+,45+,46-,47+;/m11./s1. The van der Waals surface area contributed by atoms with Gasteiger partial charge in [0.2, 0.25) is 0 Å². The predicted molar refractivity (Wildman–Crippen MR) is 509 cm³/mol. The molecule has 0 aliphatic carbocycles. The Labute approximate surface area is 750 Å². The summed E-state index contributed by atoms with van der Waals surface area (Å²) >= 11 is 0. The Hall–Kier alpha value is -7.46. The molecule has 125 heavy (non-hydrogen) atoms. The number of aliphatic hydroxyl groups excluding tert-OH is 1. The van der Waals surface area contributed by atoms with Crippen molar-refractivity contribution in [1.82, 2.24) is 0 Å². The highest BCUT2D eigenvalue weighted by molar-refractivity contribution is 7.01. The summed E-state index contributed by atoms with van der Waals surface area (Å²) in [5.74, 6) is -0.461. The van der Waals surface area contributed by atoms with Crippen LogP contribution >= 0.6 is 0 Å². The Kier molecular flexibility index (Phi) is 30.8. The Morgan fingerprint density at radius 3 is 0.840 bits per heavy atom. The van der Waals surface area contributed by atoms with Crippen LogP contribution in [0.3, 0.4) is 0 Å². The average Bonchev–Trinajstić information content (AvgIpc) is 1.64. The number of fused-ring (bicyclic) bond motifs is 4. The molecule has 1 N–H and O–H groups in total. The second-order valence-electron chi connectivity index (χ2n) is 40.9. The maximum absolute atomic E-state index is 12.8. The molecule has 6 heterocycles. The van der Waals surface area contributed by atoms with E-state index in [9.17, 15) is 19.5 Å². The first-order valence-electron chi connectivity index (χ1n) is 45.1. The zero-order valence-corrected chi connectivity index (χ0v) is 80.4.